The van der Waals surface area contributed by atoms with E-state index in [2.05, 4.69) is 11.6 Å². The fraction of sp³-hybridized carbons (Fsp3) is 0.444. The van der Waals surface area contributed by atoms with Gasteiger partial charge in [-0.15, -0.1) is 6.58 Å². The Morgan fingerprint density at radius 1 is 1.50 bits per heavy atom. The minimum Gasteiger partial charge on any atom is -0.341 e. The van der Waals surface area contributed by atoms with Crippen molar-refractivity contribution in [2.75, 3.05) is 18.6 Å². The first-order chi connectivity index (χ1) is 12.3. The van der Waals surface area contributed by atoms with Crippen LogP contribution >= 0.6 is 11.8 Å². The van der Waals surface area contributed by atoms with E-state index in [4.69, 9.17) is 0 Å². The third kappa shape index (κ3) is 3.81. The highest BCUT2D eigenvalue weighted by atomic mass is 32.2. The number of hydrogen-bond donors (Lipinski definition) is 0. The number of benzene rings is 1. The molecule has 2 heterocycles. The fourth-order valence-corrected chi connectivity index (χ4v) is 6.01. The van der Waals surface area contributed by atoms with Crippen LogP contribution in [0, 0.1) is 0 Å². The quantitative estimate of drug-likeness (QED) is 0.556. The van der Waals surface area contributed by atoms with E-state index in [9.17, 15) is 13.2 Å². The van der Waals surface area contributed by atoms with Crippen LogP contribution in [0.4, 0.5) is 0 Å². The smallest absolute Gasteiger partial charge is 0.235 e. The van der Waals surface area contributed by atoms with Crippen LogP contribution in [0.5, 0.6) is 0 Å². The summed E-state index contributed by atoms with van der Waals surface area (Å²) in [6, 6.07) is 7.60. The number of sulfone groups is 1. The van der Waals surface area contributed by atoms with Gasteiger partial charge >= 0.3 is 0 Å². The number of allylic oxidation sites excluding steroid dienone is 1. The monoisotopic (exact) mass is 393 g/mol. The highest BCUT2D eigenvalue weighted by molar-refractivity contribution is 8.00. The predicted octanol–water partition coefficient (Wildman–Crippen LogP) is 2.35. The SMILES string of the molecule is C=CCn1c(SC(C)C(=O)N(C)C2CCS(=O)(=O)C2)nc2ccccc21. The van der Waals surface area contributed by atoms with Crippen LogP contribution in [0.1, 0.15) is 13.3 Å². The van der Waals surface area contributed by atoms with Gasteiger partial charge in [-0.2, -0.15) is 0 Å². The van der Waals surface area contributed by atoms with Crippen LogP contribution in [-0.4, -0.2) is 58.6 Å². The lowest BCUT2D eigenvalue weighted by Crippen LogP contribution is -2.41. The van der Waals surface area contributed by atoms with Crippen molar-refractivity contribution in [2.24, 2.45) is 0 Å². The van der Waals surface area contributed by atoms with Gasteiger partial charge in [-0.3, -0.25) is 4.79 Å². The first-order valence-electron chi connectivity index (χ1n) is 8.52. The zero-order chi connectivity index (χ0) is 18.9. The molecule has 0 saturated carbocycles. The minimum atomic E-state index is -3.02. The summed E-state index contributed by atoms with van der Waals surface area (Å²) in [5.41, 5.74) is 1.89. The Kier molecular flexibility index (Phi) is 5.43. The molecule has 0 N–H and O–H groups in total. The molecule has 26 heavy (non-hydrogen) atoms. The largest absolute Gasteiger partial charge is 0.341 e. The number of imidazole rings is 1. The number of carbonyl (C=O) groups excluding carboxylic acids is 1. The van der Waals surface area contributed by atoms with E-state index in [-0.39, 0.29) is 28.7 Å². The number of fused-ring (bicyclic) bond motifs is 1. The summed E-state index contributed by atoms with van der Waals surface area (Å²) in [6.07, 6.45) is 2.32. The molecule has 0 bridgehead atoms. The molecule has 8 heteroatoms. The normalized spacial score (nSPS) is 20.2. The standard InChI is InChI=1S/C18H23N3O3S2/c1-4-10-21-16-8-6-5-7-15(16)19-18(21)25-13(2)17(22)20(3)14-9-11-26(23,24)12-14/h4-8,13-14H,1,9-12H2,2-3H3. The molecule has 2 aromatic rings. The molecule has 0 aliphatic carbocycles. The molecule has 1 aliphatic rings. The summed E-state index contributed by atoms with van der Waals surface area (Å²) in [7, 11) is -1.33. The maximum Gasteiger partial charge on any atom is 0.235 e. The minimum absolute atomic E-state index is 0.0571. The van der Waals surface area contributed by atoms with E-state index in [1.165, 1.54) is 11.8 Å². The molecule has 1 aromatic heterocycles. The summed E-state index contributed by atoms with van der Waals surface area (Å²) >= 11 is 1.39. The van der Waals surface area contributed by atoms with Crippen molar-refractivity contribution < 1.29 is 13.2 Å². The molecule has 1 aromatic carbocycles. The van der Waals surface area contributed by atoms with E-state index in [1.54, 1.807) is 18.0 Å². The summed E-state index contributed by atoms with van der Waals surface area (Å²) in [5, 5.41) is 0.406. The predicted molar refractivity (Wildman–Crippen MR) is 105 cm³/mol. The van der Waals surface area contributed by atoms with Gasteiger partial charge in [-0.25, -0.2) is 13.4 Å². The molecule has 140 valence electrons. The Balaban J connectivity index is 1.78. The molecule has 1 aliphatic heterocycles. The maximum absolute atomic E-state index is 12.8. The van der Waals surface area contributed by atoms with E-state index >= 15 is 0 Å². The lowest BCUT2D eigenvalue weighted by atomic mass is 10.2. The van der Waals surface area contributed by atoms with E-state index < -0.39 is 9.84 Å². The highest BCUT2D eigenvalue weighted by Gasteiger charge is 2.34. The number of hydrogen-bond acceptors (Lipinski definition) is 5. The van der Waals surface area contributed by atoms with Crippen molar-refractivity contribution in [3.8, 4) is 0 Å². The molecule has 1 saturated heterocycles. The summed E-state index contributed by atoms with van der Waals surface area (Å²) < 4.78 is 25.4. The van der Waals surface area contributed by atoms with Gasteiger partial charge in [0.25, 0.3) is 0 Å². The van der Waals surface area contributed by atoms with Crippen molar-refractivity contribution in [2.45, 2.75) is 36.3 Å². The number of rotatable bonds is 6. The van der Waals surface area contributed by atoms with Crippen LogP contribution in [0.3, 0.4) is 0 Å². The van der Waals surface area contributed by atoms with E-state index in [0.29, 0.717) is 13.0 Å². The molecule has 6 nitrogen and oxygen atoms in total. The average molecular weight is 394 g/mol. The molecule has 1 fully saturated rings. The van der Waals surface area contributed by atoms with Crippen LogP contribution in [0.15, 0.2) is 42.1 Å². The third-order valence-electron chi connectivity index (χ3n) is 4.66. The first-order valence-corrected chi connectivity index (χ1v) is 11.2. The van der Waals surface area contributed by atoms with Gasteiger partial charge in [-0.05, 0) is 25.5 Å². The van der Waals surface area contributed by atoms with E-state index in [1.807, 2.05) is 35.8 Å². The molecule has 3 rings (SSSR count). The van der Waals surface area contributed by atoms with Gasteiger partial charge in [0.15, 0.2) is 15.0 Å². The maximum atomic E-state index is 12.8. The summed E-state index contributed by atoms with van der Waals surface area (Å²) in [6.45, 7) is 6.25. The Bertz CT molecular complexity index is 936. The van der Waals surface area contributed by atoms with E-state index in [0.717, 1.165) is 16.2 Å². The van der Waals surface area contributed by atoms with Gasteiger partial charge in [0.1, 0.15) is 0 Å². The Morgan fingerprint density at radius 2 is 2.23 bits per heavy atom. The third-order valence-corrected chi connectivity index (χ3v) is 7.49. The topological polar surface area (TPSA) is 72.3 Å². The fourth-order valence-electron chi connectivity index (χ4n) is 3.20. The number of aromatic nitrogens is 2. The number of para-hydroxylation sites is 2. The zero-order valence-corrected chi connectivity index (χ0v) is 16.6. The number of nitrogens with zero attached hydrogens (tertiary/aromatic N) is 3. The average Bonchev–Trinajstić information content (AvgIpc) is 3.14. The Hall–Kier alpha value is -1.80. The number of amides is 1. The van der Waals surface area contributed by atoms with Gasteiger partial charge < -0.3 is 9.47 Å². The van der Waals surface area contributed by atoms with Crippen LogP contribution in [0.2, 0.25) is 0 Å². The second-order valence-electron chi connectivity index (χ2n) is 6.55. The molecule has 0 radical (unpaired) electrons. The van der Waals surface area contributed by atoms with Crippen molar-refractivity contribution in [1.82, 2.24) is 14.5 Å². The Labute approximate surface area is 158 Å². The molecule has 2 unspecified atom stereocenters. The van der Waals surface area contributed by atoms with Crippen LogP contribution < -0.4 is 0 Å². The highest BCUT2D eigenvalue weighted by Crippen LogP contribution is 2.29. The van der Waals surface area contributed by atoms with Gasteiger partial charge in [0, 0.05) is 19.6 Å². The summed E-state index contributed by atoms with van der Waals surface area (Å²) in [5.74, 6) is 0.141. The number of carbonyl (C=O) groups is 1. The van der Waals surface area contributed by atoms with Crippen molar-refractivity contribution in [1.29, 1.82) is 0 Å². The molecular formula is C18H23N3O3S2. The van der Waals surface area contributed by atoms with Crippen molar-refractivity contribution >= 4 is 38.5 Å². The van der Waals surface area contributed by atoms with Crippen LogP contribution in [-0.2, 0) is 21.2 Å². The molecule has 1 amide bonds. The molecular weight excluding hydrogens is 370 g/mol. The van der Waals surface area contributed by atoms with Gasteiger partial charge in [0.2, 0.25) is 5.91 Å². The summed E-state index contributed by atoms with van der Waals surface area (Å²) in [4.78, 5) is 19.0. The molecule has 0 spiro atoms. The van der Waals surface area contributed by atoms with Crippen molar-refractivity contribution in [3.05, 3.63) is 36.9 Å². The van der Waals surface area contributed by atoms with Gasteiger partial charge in [-0.1, -0.05) is 30.0 Å². The lowest BCUT2D eigenvalue weighted by Gasteiger charge is -2.26. The van der Waals surface area contributed by atoms with Crippen molar-refractivity contribution in [3.63, 3.8) is 0 Å². The van der Waals surface area contributed by atoms with Crippen LogP contribution in [0.25, 0.3) is 11.0 Å². The second-order valence-corrected chi connectivity index (χ2v) is 10.1. The lowest BCUT2D eigenvalue weighted by molar-refractivity contribution is -0.130. The first kappa shape index (κ1) is 19.0. The zero-order valence-electron chi connectivity index (χ0n) is 15.0. The second kappa shape index (κ2) is 7.44. The Morgan fingerprint density at radius 3 is 2.88 bits per heavy atom. The van der Waals surface area contributed by atoms with Gasteiger partial charge in [0.05, 0.1) is 27.8 Å². The number of thioether (sulfide) groups is 1. The molecule has 2 atom stereocenters.